The van der Waals surface area contributed by atoms with Crippen molar-refractivity contribution in [3.05, 3.63) is 34.6 Å². The summed E-state index contributed by atoms with van der Waals surface area (Å²) >= 11 is 5.66. The van der Waals surface area contributed by atoms with Crippen molar-refractivity contribution in [1.29, 1.82) is 0 Å². The summed E-state index contributed by atoms with van der Waals surface area (Å²) in [5, 5.41) is 3.61. The highest BCUT2D eigenvalue weighted by Crippen LogP contribution is 2.21. The van der Waals surface area contributed by atoms with Crippen molar-refractivity contribution in [2.24, 2.45) is 5.92 Å². The lowest BCUT2D eigenvalue weighted by atomic mass is 9.91. The van der Waals surface area contributed by atoms with E-state index < -0.39 is 5.82 Å². The smallest absolute Gasteiger partial charge is 0.165 e. The van der Waals surface area contributed by atoms with Gasteiger partial charge in [0.1, 0.15) is 5.82 Å². The predicted octanol–water partition coefficient (Wildman–Crippen LogP) is 3.44. The summed E-state index contributed by atoms with van der Waals surface area (Å²) < 4.78 is 13.6. The highest BCUT2D eigenvalue weighted by molar-refractivity contribution is 6.30. The highest BCUT2D eigenvalue weighted by Gasteiger charge is 2.17. The normalized spacial score (nSPS) is 16.8. The fraction of sp³-hybridized carbons (Fsp3) is 0.500. The Morgan fingerprint density at radius 2 is 2.11 bits per heavy atom. The van der Waals surface area contributed by atoms with Gasteiger partial charge in [0.05, 0.1) is 5.56 Å². The van der Waals surface area contributed by atoms with Crippen molar-refractivity contribution in [3.63, 3.8) is 0 Å². The monoisotopic (exact) mass is 269 g/mol. The number of rotatable bonds is 4. The van der Waals surface area contributed by atoms with Gasteiger partial charge >= 0.3 is 0 Å². The molecule has 98 valence electrons. The van der Waals surface area contributed by atoms with Gasteiger partial charge in [-0.1, -0.05) is 11.6 Å². The molecule has 0 unspecified atom stereocenters. The minimum atomic E-state index is -0.516. The molecule has 0 aliphatic carbocycles. The van der Waals surface area contributed by atoms with Crippen molar-refractivity contribution in [1.82, 2.24) is 5.32 Å². The molecule has 0 radical (unpaired) electrons. The first-order valence-corrected chi connectivity index (χ1v) is 6.73. The van der Waals surface area contributed by atoms with E-state index in [0.717, 1.165) is 32.4 Å². The van der Waals surface area contributed by atoms with Gasteiger partial charge in [0.25, 0.3) is 0 Å². The number of nitrogens with one attached hydrogen (secondary N) is 1. The summed E-state index contributed by atoms with van der Waals surface area (Å²) in [7, 11) is 0. The molecule has 18 heavy (non-hydrogen) atoms. The Balaban J connectivity index is 1.90. The van der Waals surface area contributed by atoms with Crippen LogP contribution in [0.5, 0.6) is 0 Å². The van der Waals surface area contributed by atoms with Gasteiger partial charge in [-0.2, -0.15) is 0 Å². The Morgan fingerprint density at radius 3 is 2.78 bits per heavy atom. The average molecular weight is 270 g/mol. The Morgan fingerprint density at radius 1 is 1.39 bits per heavy atom. The van der Waals surface area contributed by atoms with Crippen LogP contribution in [0, 0.1) is 11.7 Å². The topological polar surface area (TPSA) is 29.1 Å². The van der Waals surface area contributed by atoms with E-state index in [1.807, 2.05) is 0 Å². The van der Waals surface area contributed by atoms with E-state index >= 15 is 0 Å². The molecule has 0 amide bonds. The zero-order valence-corrected chi connectivity index (χ0v) is 11.0. The highest BCUT2D eigenvalue weighted by atomic mass is 35.5. The average Bonchev–Trinajstić information content (AvgIpc) is 2.37. The number of piperidine rings is 1. The van der Waals surface area contributed by atoms with E-state index in [1.54, 1.807) is 6.07 Å². The fourth-order valence-electron chi connectivity index (χ4n) is 2.36. The summed E-state index contributed by atoms with van der Waals surface area (Å²) in [6.45, 7) is 2.04. The van der Waals surface area contributed by atoms with Gasteiger partial charge in [-0.25, -0.2) is 4.39 Å². The minimum Gasteiger partial charge on any atom is -0.317 e. The number of carbonyl (C=O) groups excluding carboxylic acids is 1. The molecule has 1 aliphatic heterocycles. The molecule has 1 fully saturated rings. The molecule has 0 saturated carbocycles. The van der Waals surface area contributed by atoms with E-state index in [-0.39, 0.29) is 11.3 Å². The third-order valence-corrected chi connectivity index (χ3v) is 3.71. The van der Waals surface area contributed by atoms with E-state index in [9.17, 15) is 9.18 Å². The molecule has 1 heterocycles. The van der Waals surface area contributed by atoms with E-state index in [2.05, 4.69) is 5.32 Å². The molecule has 2 rings (SSSR count). The molecule has 2 nitrogen and oxygen atoms in total. The molecule has 0 spiro atoms. The predicted molar refractivity (Wildman–Crippen MR) is 70.6 cm³/mol. The zero-order chi connectivity index (χ0) is 13.0. The molecule has 1 aromatic carbocycles. The van der Waals surface area contributed by atoms with Gasteiger partial charge in [0, 0.05) is 11.4 Å². The van der Waals surface area contributed by atoms with Crippen molar-refractivity contribution in [2.45, 2.75) is 25.7 Å². The number of Topliss-reactive ketones (excluding diaryl/α,β-unsaturated/α-hetero) is 1. The lowest BCUT2D eigenvalue weighted by Crippen LogP contribution is -2.28. The Hall–Kier alpha value is -0.930. The van der Waals surface area contributed by atoms with Gasteiger partial charge in [-0.15, -0.1) is 0 Å². The molecular weight excluding hydrogens is 253 g/mol. The van der Waals surface area contributed by atoms with Crippen LogP contribution in [0.3, 0.4) is 0 Å². The van der Waals surface area contributed by atoms with Crippen LogP contribution in [0.4, 0.5) is 4.39 Å². The van der Waals surface area contributed by atoms with Crippen molar-refractivity contribution >= 4 is 17.4 Å². The number of halogens is 2. The lowest BCUT2D eigenvalue weighted by Gasteiger charge is -2.22. The second-order valence-electron chi connectivity index (χ2n) is 4.78. The van der Waals surface area contributed by atoms with Gasteiger partial charge in [0.2, 0.25) is 0 Å². The first-order chi connectivity index (χ1) is 8.66. The standard InChI is InChI=1S/C14H17ClFNO/c15-11-2-3-12(13(16)9-11)14(18)4-1-10-5-7-17-8-6-10/h2-3,9-10,17H,1,4-8H2. The summed E-state index contributed by atoms with van der Waals surface area (Å²) in [5.74, 6) is -0.0499. The van der Waals surface area contributed by atoms with Crippen LogP contribution in [0.25, 0.3) is 0 Å². The third-order valence-electron chi connectivity index (χ3n) is 3.47. The van der Waals surface area contributed by atoms with Gasteiger partial charge in [0.15, 0.2) is 5.78 Å². The van der Waals surface area contributed by atoms with E-state index in [1.165, 1.54) is 12.1 Å². The maximum Gasteiger partial charge on any atom is 0.165 e. The molecule has 0 atom stereocenters. The molecule has 0 aromatic heterocycles. The number of hydrogen-bond donors (Lipinski definition) is 1. The summed E-state index contributed by atoms with van der Waals surface area (Å²) in [4.78, 5) is 11.9. The molecular formula is C14H17ClFNO. The van der Waals surface area contributed by atoms with Crippen LogP contribution in [0.15, 0.2) is 18.2 Å². The first-order valence-electron chi connectivity index (χ1n) is 6.36. The Bertz CT molecular complexity index is 430. The molecule has 1 aromatic rings. The van der Waals surface area contributed by atoms with Crippen LogP contribution in [-0.2, 0) is 0 Å². The first kappa shape index (κ1) is 13.5. The number of ketones is 1. The molecule has 0 bridgehead atoms. The van der Waals surface area contributed by atoms with Crippen molar-refractivity contribution < 1.29 is 9.18 Å². The SMILES string of the molecule is O=C(CCC1CCNCC1)c1ccc(Cl)cc1F. The quantitative estimate of drug-likeness (QED) is 0.849. The second-order valence-corrected chi connectivity index (χ2v) is 5.22. The number of benzene rings is 1. The molecule has 1 saturated heterocycles. The summed E-state index contributed by atoms with van der Waals surface area (Å²) in [6, 6.07) is 4.23. The minimum absolute atomic E-state index is 0.123. The maximum atomic E-state index is 13.6. The van der Waals surface area contributed by atoms with Crippen LogP contribution in [0.2, 0.25) is 5.02 Å². The largest absolute Gasteiger partial charge is 0.317 e. The fourth-order valence-corrected chi connectivity index (χ4v) is 2.51. The van der Waals surface area contributed by atoms with Gasteiger partial charge in [-0.05, 0) is 56.5 Å². The van der Waals surface area contributed by atoms with E-state index in [4.69, 9.17) is 11.6 Å². The summed E-state index contributed by atoms with van der Waals surface area (Å²) in [5.41, 5.74) is 0.160. The van der Waals surface area contributed by atoms with Crippen LogP contribution in [-0.4, -0.2) is 18.9 Å². The Labute approximate surface area is 112 Å². The maximum absolute atomic E-state index is 13.6. The lowest BCUT2D eigenvalue weighted by molar-refractivity contribution is 0.0967. The Kier molecular flexibility index (Phi) is 4.72. The van der Waals surface area contributed by atoms with Gasteiger partial charge in [-0.3, -0.25) is 4.79 Å². The van der Waals surface area contributed by atoms with Gasteiger partial charge < -0.3 is 5.32 Å². The van der Waals surface area contributed by atoms with E-state index in [0.29, 0.717) is 17.4 Å². The molecule has 1 aliphatic rings. The molecule has 4 heteroatoms. The number of hydrogen-bond acceptors (Lipinski definition) is 2. The zero-order valence-electron chi connectivity index (χ0n) is 10.2. The van der Waals surface area contributed by atoms with Crippen LogP contribution >= 0.6 is 11.6 Å². The molecule has 1 N–H and O–H groups in total. The van der Waals surface area contributed by atoms with Crippen molar-refractivity contribution in [3.8, 4) is 0 Å². The van der Waals surface area contributed by atoms with Crippen LogP contribution < -0.4 is 5.32 Å². The second kappa shape index (κ2) is 6.30. The number of carbonyl (C=O) groups is 1. The van der Waals surface area contributed by atoms with Crippen LogP contribution in [0.1, 0.15) is 36.0 Å². The van der Waals surface area contributed by atoms with Crippen molar-refractivity contribution in [2.75, 3.05) is 13.1 Å². The summed E-state index contributed by atoms with van der Waals surface area (Å²) in [6.07, 6.45) is 3.48. The third kappa shape index (κ3) is 3.53.